The lowest BCUT2D eigenvalue weighted by Gasteiger charge is -2.10. The molecule has 0 spiro atoms. The van der Waals surface area contributed by atoms with E-state index in [0.29, 0.717) is 25.2 Å². The summed E-state index contributed by atoms with van der Waals surface area (Å²) in [6.07, 6.45) is 2.46. The number of hydrogen-bond donors (Lipinski definition) is 1. The van der Waals surface area contributed by atoms with Gasteiger partial charge in [-0.2, -0.15) is 5.10 Å². The van der Waals surface area contributed by atoms with Gasteiger partial charge in [0.05, 0.1) is 7.11 Å². The topological polar surface area (TPSA) is 83.0 Å². The Morgan fingerprint density at radius 3 is 2.74 bits per heavy atom. The number of carbonyl (C=O) groups is 1. The van der Waals surface area contributed by atoms with E-state index in [0.717, 1.165) is 29.5 Å². The van der Waals surface area contributed by atoms with E-state index in [1.807, 2.05) is 28.9 Å². The van der Waals surface area contributed by atoms with E-state index in [1.165, 1.54) is 0 Å². The zero-order chi connectivity index (χ0) is 16.8. The van der Waals surface area contributed by atoms with Crippen molar-refractivity contribution in [3.8, 4) is 11.4 Å². The third-order valence-electron chi connectivity index (χ3n) is 3.45. The van der Waals surface area contributed by atoms with Crippen LogP contribution in [0.4, 0.5) is 0 Å². The number of hydrogen-bond acceptors (Lipinski definition) is 4. The minimum Gasteiger partial charge on any atom is -0.494 e. The Kier molecular flexibility index (Phi) is 5.73. The third-order valence-corrected chi connectivity index (χ3v) is 3.45. The molecule has 6 nitrogen and oxygen atoms in total. The molecule has 124 valence electrons. The van der Waals surface area contributed by atoms with E-state index in [4.69, 9.17) is 10.5 Å². The van der Waals surface area contributed by atoms with Crippen LogP contribution in [0.5, 0.6) is 5.75 Å². The number of nitrogens with zero attached hydrogens (tertiary/aromatic N) is 3. The summed E-state index contributed by atoms with van der Waals surface area (Å²) in [5, 5.41) is 4.64. The normalized spacial score (nSPS) is 11.0. The van der Waals surface area contributed by atoms with E-state index >= 15 is 0 Å². The Balaban J connectivity index is 2.34. The van der Waals surface area contributed by atoms with E-state index in [9.17, 15) is 4.79 Å². The van der Waals surface area contributed by atoms with Crippen molar-refractivity contribution in [2.75, 3.05) is 7.11 Å². The lowest BCUT2D eigenvalue weighted by atomic mass is 10.1. The Hall–Kier alpha value is -2.37. The summed E-state index contributed by atoms with van der Waals surface area (Å²) in [6, 6.07) is 7.70. The van der Waals surface area contributed by atoms with Gasteiger partial charge in [-0.1, -0.05) is 26.0 Å². The van der Waals surface area contributed by atoms with Crippen LogP contribution in [0.3, 0.4) is 0 Å². The smallest absolute Gasteiger partial charge is 0.217 e. The number of ether oxygens (including phenoxy) is 1. The molecule has 0 bridgehead atoms. The van der Waals surface area contributed by atoms with Gasteiger partial charge in [0.2, 0.25) is 5.91 Å². The van der Waals surface area contributed by atoms with Crippen molar-refractivity contribution in [2.45, 2.75) is 39.5 Å². The van der Waals surface area contributed by atoms with Crippen LogP contribution < -0.4 is 10.5 Å². The molecular formula is C17H24N4O2. The molecule has 0 unspecified atom stereocenters. The fraction of sp³-hybridized carbons (Fsp3) is 0.471. The fourth-order valence-corrected chi connectivity index (χ4v) is 2.42. The van der Waals surface area contributed by atoms with Crippen molar-refractivity contribution in [3.05, 3.63) is 35.9 Å². The summed E-state index contributed by atoms with van der Waals surface area (Å²) in [6.45, 7) is 4.27. The van der Waals surface area contributed by atoms with Crippen LogP contribution in [0.25, 0.3) is 5.69 Å². The minimum atomic E-state index is -0.296. The predicted octanol–water partition coefficient (Wildman–Crippen LogP) is 2.28. The Morgan fingerprint density at radius 1 is 1.35 bits per heavy atom. The van der Waals surface area contributed by atoms with E-state index < -0.39 is 0 Å². The monoisotopic (exact) mass is 316 g/mol. The second kappa shape index (κ2) is 7.76. The highest BCUT2D eigenvalue weighted by atomic mass is 16.5. The molecule has 1 amide bonds. The van der Waals surface area contributed by atoms with Gasteiger partial charge in [-0.05, 0) is 24.5 Å². The Morgan fingerprint density at radius 2 is 2.09 bits per heavy atom. The van der Waals surface area contributed by atoms with Gasteiger partial charge in [0, 0.05) is 19.3 Å². The van der Waals surface area contributed by atoms with Crippen LogP contribution in [0.2, 0.25) is 0 Å². The highest BCUT2D eigenvalue weighted by molar-refractivity contribution is 5.73. The van der Waals surface area contributed by atoms with Gasteiger partial charge in [-0.3, -0.25) is 4.79 Å². The summed E-state index contributed by atoms with van der Waals surface area (Å²) in [4.78, 5) is 15.6. The SMILES string of the molecule is COc1ccccc1-n1nc(CC(C)C)nc1CCCC(N)=O. The minimum absolute atomic E-state index is 0.296. The molecule has 1 heterocycles. The van der Waals surface area contributed by atoms with Gasteiger partial charge < -0.3 is 10.5 Å². The molecular weight excluding hydrogens is 292 g/mol. The van der Waals surface area contributed by atoms with Crippen LogP contribution >= 0.6 is 0 Å². The second-order valence-corrected chi connectivity index (χ2v) is 5.95. The molecule has 0 atom stereocenters. The lowest BCUT2D eigenvalue weighted by molar-refractivity contribution is -0.118. The zero-order valence-corrected chi connectivity index (χ0v) is 14.0. The molecule has 0 aliphatic heterocycles. The summed E-state index contributed by atoms with van der Waals surface area (Å²) >= 11 is 0. The maximum Gasteiger partial charge on any atom is 0.217 e. The molecule has 2 rings (SSSR count). The summed E-state index contributed by atoms with van der Waals surface area (Å²) in [7, 11) is 1.64. The summed E-state index contributed by atoms with van der Waals surface area (Å²) < 4.78 is 7.24. The van der Waals surface area contributed by atoms with Crippen molar-refractivity contribution in [1.82, 2.24) is 14.8 Å². The van der Waals surface area contributed by atoms with Crippen molar-refractivity contribution >= 4 is 5.91 Å². The lowest BCUT2D eigenvalue weighted by Crippen LogP contribution is -2.11. The third kappa shape index (κ3) is 4.55. The van der Waals surface area contributed by atoms with Gasteiger partial charge in [-0.15, -0.1) is 0 Å². The largest absolute Gasteiger partial charge is 0.494 e. The molecule has 0 saturated heterocycles. The molecule has 1 aromatic carbocycles. The number of aryl methyl sites for hydroxylation is 1. The Labute approximate surface area is 136 Å². The maximum absolute atomic E-state index is 11.0. The first kappa shape index (κ1) is 17.0. The average molecular weight is 316 g/mol. The van der Waals surface area contributed by atoms with Crippen molar-refractivity contribution in [3.63, 3.8) is 0 Å². The second-order valence-electron chi connectivity index (χ2n) is 5.95. The molecule has 0 saturated carbocycles. The average Bonchev–Trinajstić information content (AvgIpc) is 2.88. The summed E-state index contributed by atoms with van der Waals surface area (Å²) in [5.41, 5.74) is 6.07. The molecule has 23 heavy (non-hydrogen) atoms. The van der Waals surface area contributed by atoms with Gasteiger partial charge in [0.15, 0.2) is 5.82 Å². The van der Waals surface area contributed by atoms with Gasteiger partial charge in [0.25, 0.3) is 0 Å². The number of rotatable bonds is 8. The molecule has 0 radical (unpaired) electrons. The van der Waals surface area contributed by atoms with Gasteiger partial charge >= 0.3 is 0 Å². The van der Waals surface area contributed by atoms with Crippen LogP contribution in [0.1, 0.15) is 38.3 Å². The van der Waals surface area contributed by atoms with Crippen molar-refractivity contribution in [2.24, 2.45) is 11.7 Å². The first-order valence-electron chi connectivity index (χ1n) is 7.87. The molecule has 0 aliphatic rings. The van der Waals surface area contributed by atoms with Crippen LogP contribution in [-0.2, 0) is 17.6 Å². The van der Waals surface area contributed by atoms with Crippen LogP contribution in [0, 0.1) is 5.92 Å². The number of amides is 1. The number of primary amides is 1. The standard InChI is InChI=1S/C17H24N4O2/c1-12(2)11-16-19-17(10-6-9-15(18)22)21(20-16)13-7-4-5-8-14(13)23-3/h4-5,7-8,12H,6,9-11H2,1-3H3,(H2,18,22). The van der Waals surface area contributed by atoms with E-state index in [2.05, 4.69) is 23.9 Å². The number of benzene rings is 1. The molecule has 6 heteroatoms. The molecule has 0 fully saturated rings. The highest BCUT2D eigenvalue weighted by Crippen LogP contribution is 2.23. The molecule has 2 N–H and O–H groups in total. The van der Waals surface area contributed by atoms with Crippen LogP contribution in [0.15, 0.2) is 24.3 Å². The molecule has 0 aliphatic carbocycles. The first-order chi connectivity index (χ1) is 11.0. The number of nitrogens with two attached hydrogens (primary N) is 1. The first-order valence-corrected chi connectivity index (χ1v) is 7.87. The van der Waals surface area contributed by atoms with E-state index in [1.54, 1.807) is 7.11 Å². The van der Waals surface area contributed by atoms with Gasteiger partial charge in [-0.25, -0.2) is 9.67 Å². The van der Waals surface area contributed by atoms with Crippen molar-refractivity contribution in [1.29, 1.82) is 0 Å². The van der Waals surface area contributed by atoms with Crippen molar-refractivity contribution < 1.29 is 9.53 Å². The quantitative estimate of drug-likeness (QED) is 0.810. The number of carbonyl (C=O) groups excluding carboxylic acids is 1. The molecule has 2 aromatic rings. The van der Waals surface area contributed by atoms with E-state index in [-0.39, 0.29) is 5.91 Å². The Bertz CT molecular complexity index is 664. The summed E-state index contributed by atoms with van der Waals surface area (Å²) in [5.74, 6) is 2.55. The highest BCUT2D eigenvalue weighted by Gasteiger charge is 2.15. The van der Waals surface area contributed by atoms with Crippen LogP contribution in [-0.4, -0.2) is 27.8 Å². The van der Waals surface area contributed by atoms with Gasteiger partial charge in [0.1, 0.15) is 17.3 Å². The number of methoxy groups -OCH3 is 1. The predicted molar refractivity (Wildman–Crippen MR) is 88.6 cm³/mol. The zero-order valence-electron chi connectivity index (χ0n) is 14.0. The maximum atomic E-state index is 11.0. The number of aromatic nitrogens is 3. The fourth-order valence-electron chi connectivity index (χ4n) is 2.42. The molecule has 1 aromatic heterocycles. The number of para-hydroxylation sites is 2.